The molecule has 0 aliphatic rings. The molecule has 0 bridgehead atoms. The van der Waals surface area contributed by atoms with Gasteiger partial charge in [-0.3, -0.25) is 0 Å². The number of hydrogen-bond donors (Lipinski definition) is 0. The molecule has 0 fully saturated rings. The van der Waals surface area contributed by atoms with Crippen molar-refractivity contribution in [3.8, 4) is 5.75 Å². The van der Waals surface area contributed by atoms with Gasteiger partial charge in [0.2, 0.25) is 0 Å². The zero-order valence-corrected chi connectivity index (χ0v) is 11.3. The first-order valence-corrected chi connectivity index (χ1v) is 6.41. The first kappa shape index (κ1) is 12.6. The molecule has 0 spiro atoms. The molecule has 0 amide bonds. The molecule has 0 saturated carbocycles. The minimum absolute atomic E-state index is 0.551. The van der Waals surface area contributed by atoms with Gasteiger partial charge < -0.3 is 4.74 Å². The normalized spacial score (nSPS) is 12.9. The molecule has 2 heteroatoms. The van der Waals surface area contributed by atoms with Crippen LogP contribution in [0.1, 0.15) is 26.3 Å². The Labute approximate surface area is 101 Å². The molecule has 0 N–H and O–H groups in total. The predicted octanol–water partition coefficient (Wildman–Crippen LogP) is 4.05. The summed E-state index contributed by atoms with van der Waals surface area (Å²) in [6.45, 7) is 7.19. The van der Waals surface area contributed by atoms with E-state index in [-0.39, 0.29) is 0 Å². The maximum atomic E-state index is 5.40. The smallest absolute Gasteiger partial charge is 0.119 e. The fraction of sp³-hybridized carbons (Fsp3) is 0.538. The summed E-state index contributed by atoms with van der Waals surface area (Å²) in [6.07, 6.45) is 1.07. The molecule has 84 valence electrons. The van der Waals surface area contributed by atoms with E-state index in [0.29, 0.717) is 10.7 Å². The Balaban J connectivity index is 2.56. The topological polar surface area (TPSA) is 9.23 Å². The minimum atomic E-state index is 0.551. The lowest BCUT2D eigenvalue weighted by molar-refractivity contribution is 0.340. The van der Waals surface area contributed by atoms with Crippen LogP contribution in [0.3, 0.4) is 0 Å². The summed E-state index contributed by atoms with van der Waals surface area (Å²) in [5.41, 5.74) is 1.36. The van der Waals surface area contributed by atoms with Crippen LogP contribution in [0.25, 0.3) is 0 Å². The quantitative estimate of drug-likeness (QED) is 0.734. The van der Waals surface area contributed by atoms with E-state index < -0.39 is 0 Å². The highest BCUT2D eigenvalue weighted by atomic mass is 79.9. The van der Waals surface area contributed by atoms with E-state index in [0.717, 1.165) is 18.8 Å². The highest BCUT2D eigenvalue weighted by Crippen LogP contribution is 2.19. The molecular formula is C13H19BrO. The molecule has 1 rings (SSSR count). The Morgan fingerprint density at radius 3 is 2.27 bits per heavy atom. The molecule has 1 atom stereocenters. The van der Waals surface area contributed by atoms with Crippen molar-refractivity contribution in [1.82, 2.24) is 0 Å². The van der Waals surface area contributed by atoms with Gasteiger partial charge in [-0.15, -0.1) is 0 Å². The number of ether oxygens (including phenoxy) is 1. The summed E-state index contributed by atoms with van der Waals surface area (Å²) < 4.78 is 5.40. The highest BCUT2D eigenvalue weighted by Gasteiger charge is 2.09. The van der Waals surface area contributed by atoms with E-state index >= 15 is 0 Å². The van der Waals surface area contributed by atoms with Crippen LogP contribution in [0.4, 0.5) is 0 Å². The van der Waals surface area contributed by atoms with Crippen molar-refractivity contribution in [1.29, 1.82) is 0 Å². The van der Waals surface area contributed by atoms with Gasteiger partial charge in [-0.25, -0.2) is 0 Å². The Morgan fingerprint density at radius 1 is 1.20 bits per heavy atom. The van der Waals surface area contributed by atoms with Crippen molar-refractivity contribution in [2.24, 2.45) is 5.92 Å². The first-order valence-electron chi connectivity index (χ1n) is 5.49. The second-order valence-corrected chi connectivity index (χ2v) is 5.22. The van der Waals surface area contributed by atoms with Gasteiger partial charge in [0.1, 0.15) is 5.75 Å². The van der Waals surface area contributed by atoms with Gasteiger partial charge in [0.15, 0.2) is 0 Å². The number of halogens is 1. The monoisotopic (exact) mass is 270 g/mol. The Kier molecular flexibility index (Phi) is 5.16. The highest BCUT2D eigenvalue weighted by molar-refractivity contribution is 9.09. The van der Waals surface area contributed by atoms with Crippen molar-refractivity contribution in [2.45, 2.75) is 32.0 Å². The van der Waals surface area contributed by atoms with Gasteiger partial charge in [-0.2, -0.15) is 0 Å². The molecule has 0 aromatic heterocycles. The predicted molar refractivity (Wildman–Crippen MR) is 68.9 cm³/mol. The molecule has 1 nitrogen and oxygen atoms in total. The third kappa shape index (κ3) is 4.25. The van der Waals surface area contributed by atoms with Gasteiger partial charge in [-0.1, -0.05) is 41.9 Å². The van der Waals surface area contributed by atoms with Crippen LogP contribution in [-0.2, 0) is 6.42 Å². The third-order valence-electron chi connectivity index (χ3n) is 2.39. The van der Waals surface area contributed by atoms with Crippen molar-refractivity contribution in [3.05, 3.63) is 29.8 Å². The number of benzene rings is 1. The van der Waals surface area contributed by atoms with Gasteiger partial charge in [-0.05, 0) is 37.0 Å². The summed E-state index contributed by atoms with van der Waals surface area (Å²) in [7, 11) is 0. The van der Waals surface area contributed by atoms with Crippen molar-refractivity contribution in [3.63, 3.8) is 0 Å². The Hall–Kier alpha value is -0.500. The van der Waals surface area contributed by atoms with E-state index in [1.165, 1.54) is 5.56 Å². The van der Waals surface area contributed by atoms with Crippen LogP contribution in [-0.4, -0.2) is 11.4 Å². The van der Waals surface area contributed by atoms with Crippen molar-refractivity contribution < 1.29 is 4.74 Å². The second-order valence-electron chi connectivity index (χ2n) is 4.04. The van der Waals surface area contributed by atoms with Gasteiger partial charge >= 0.3 is 0 Å². The largest absolute Gasteiger partial charge is 0.494 e. The lowest BCUT2D eigenvalue weighted by atomic mass is 10.0. The fourth-order valence-electron chi connectivity index (χ4n) is 1.35. The Bertz CT molecular complexity index is 279. The summed E-state index contributed by atoms with van der Waals surface area (Å²) in [5.74, 6) is 1.62. The van der Waals surface area contributed by atoms with Gasteiger partial charge in [0.05, 0.1) is 6.61 Å². The fourth-order valence-corrected chi connectivity index (χ4v) is 1.72. The molecule has 1 aromatic rings. The third-order valence-corrected chi connectivity index (χ3v) is 3.77. The van der Waals surface area contributed by atoms with Gasteiger partial charge in [0, 0.05) is 4.83 Å². The number of hydrogen-bond acceptors (Lipinski definition) is 1. The van der Waals surface area contributed by atoms with E-state index in [1.807, 2.05) is 19.1 Å². The average Bonchev–Trinajstić information content (AvgIpc) is 2.21. The molecule has 0 aliphatic heterocycles. The Morgan fingerprint density at radius 2 is 1.80 bits per heavy atom. The SMILES string of the molecule is CCOc1ccc(CC(Br)C(C)C)cc1. The van der Waals surface area contributed by atoms with Crippen LogP contribution in [0.5, 0.6) is 5.75 Å². The maximum Gasteiger partial charge on any atom is 0.119 e. The van der Waals surface area contributed by atoms with Crippen LogP contribution in [0.15, 0.2) is 24.3 Å². The zero-order valence-electron chi connectivity index (χ0n) is 9.66. The number of rotatable bonds is 5. The summed E-state index contributed by atoms with van der Waals surface area (Å²) in [6, 6.07) is 8.36. The lowest BCUT2D eigenvalue weighted by Gasteiger charge is -2.13. The zero-order chi connectivity index (χ0) is 11.3. The number of alkyl halides is 1. The lowest BCUT2D eigenvalue weighted by Crippen LogP contribution is -2.10. The summed E-state index contributed by atoms with van der Waals surface area (Å²) in [5, 5.41) is 0. The van der Waals surface area contributed by atoms with Crippen LogP contribution in [0.2, 0.25) is 0 Å². The van der Waals surface area contributed by atoms with E-state index in [4.69, 9.17) is 4.74 Å². The van der Waals surface area contributed by atoms with E-state index in [9.17, 15) is 0 Å². The maximum absolute atomic E-state index is 5.40. The van der Waals surface area contributed by atoms with Crippen LogP contribution >= 0.6 is 15.9 Å². The molecule has 15 heavy (non-hydrogen) atoms. The second kappa shape index (κ2) is 6.16. The van der Waals surface area contributed by atoms with Crippen molar-refractivity contribution >= 4 is 15.9 Å². The molecule has 0 aliphatic carbocycles. The van der Waals surface area contributed by atoms with Crippen LogP contribution < -0.4 is 4.74 Å². The molecular weight excluding hydrogens is 252 g/mol. The summed E-state index contributed by atoms with van der Waals surface area (Å²) in [4.78, 5) is 0.551. The summed E-state index contributed by atoms with van der Waals surface area (Å²) >= 11 is 3.70. The van der Waals surface area contributed by atoms with Gasteiger partial charge in [0.25, 0.3) is 0 Å². The van der Waals surface area contributed by atoms with E-state index in [2.05, 4.69) is 41.9 Å². The molecule has 1 aromatic carbocycles. The standard InChI is InChI=1S/C13H19BrO/c1-4-15-12-7-5-11(6-8-12)9-13(14)10(2)3/h5-8,10,13H,4,9H2,1-3H3. The average molecular weight is 271 g/mol. The molecule has 0 saturated heterocycles. The first-order chi connectivity index (χ1) is 7.13. The molecule has 0 heterocycles. The van der Waals surface area contributed by atoms with Crippen molar-refractivity contribution in [2.75, 3.05) is 6.61 Å². The molecule has 0 radical (unpaired) electrons. The van der Waals surface area contributed by atoms with Crippen LogP contribution in [0, 0.1) is 5.92 Å². The van der Waals surface area contributed by atoms with E-state index in [1.54, 1.807) is 0 Å². The minimum Gasteiger partial charge on any atom is -0.494 e. The molecule has 1 unspecified atom stereocenters.